The monoisotopic (exact) mass is 276 g/mol. The van der Waals surface area contributed by atoms with E-state index >= 15 is 0 Å². The predicted molar refractivity (Wildman–Crippen MR) is 66.3 cm³/mol. The SMILES string of the molecule is CCCCCC(Br)C(=O)N1CCNCC1. The van der Waals surface area contributed by atoms with Gasteiger partial charge in [0.05, 0.1) is 4.83 Å². The van der Waals surface area contributed by atoms with E-state index < -0.39 is 0 Å². The molecule has 1 heterocycles. The van der Waals surface area contributed by atoms with Crippen LogP contribution in [-0.4, -0.2) is 41.8 Å². The number of carbonyl (C=O) groups excluding carboxylic acids is 1. The highest BCUT2D eigenvalue weighted by molar-refractivity contribution is 9.10. The zero-order chi connectivity index (χ0) is 11.1. The van der Waals surface area contributed by atoms with Crippen LogP contribution in [0.5, 0.6) is 0 Å². The lowest BCUT2D eigenvalue weighted by Crippen LogP contribution is -2.48. The zero-order valence-electron chi connectivity index (χ0n) is 9.47. The van der Waals surface area contributed by atoms with E-state index in [9.17, 15) is 4.79 Å². The molecule has 1 saturated heterocycles. The van der Waals surface area contributed by atoms with E-state index in [4.69, 9.17) is 0 Å². The summed E-state index contributed by atoms with van der Waals surface area (Å²) in [6, 6.07) is 0. The van der Waals surface area contributed by atoms with Gasteiger partial charge in [0.15, 0.2) is 0 Å². The standard InChI is InChI=1S/C11H21BrN2O/c1-2-3-4-5-10(12)11(15)14-8-6-13-7-9-14/h10,13H,2-9H2,1H3. The molecule has 15 heavy (non-hydrogen) atoms. The third kappa shape index (κ3) is 4.51. The van der Waals surface area contributed by atoms with Crippen molar-refractivity contribution in [2.24, 2.45) is 0 Å². The van der Waals surface area contributed by atoms with Crippen LogP contribution < -0.4 is 5.32 Å². The van der Waals surface area contributed by atoms with Crippen LogP contribution in [0.2, 0.25) is 0 Å². The quantitative estimate of drug-likeness (QED) is 0.613. The Kier molecular flexibility index (Phi) is 6.25. The largest absolute Gasteiger partial charge is 0.339 e. The van der Waals surface area contributed by atoms with Crippen molar-refractivity contribution in [1.82, 2.24) is 10.2 Å². The number of carbonyl (C=O) groups is 1. The number of piperazine rings is 1. The molecule has 1 aliphatic rings. The topological polar surface area (TPSA) is 32.3 Å². The Morgan fingerprint density at radius 2 is 2.07 bits per heavy atom. The summed E-state index contributed by atoms with van der Waals surface area (Å²) in [5.41, 5.74) is 0. The minimum absolute atomic E-state index is 0.0298. The molecule has 0 spiro atoms. The summed E-state index contributed by atoms with van der Waals surface area (Å²) in [4.78, 5) is 13.9. The molecule has 1 atom stereocenters. The first kappa shape index (κ1) is 13.0. The fourth-order valence-corrected chi connectivity index (χ4v) is 2.39. The second-order valence-corrected chi connectivity index (χ2v) is 5.14. The molecule has 0 aliphatic carbocycles. The maximum Gasteiger partial charge on any atom is 0.236 e. The van der Waals surface area contributed by atoms with Gasteiger partial charge in [0.1, 0.15) is 0 Å². The Labute approximate surface area is 101 Å². The number of halogens is 1. The van der Waals surface area contributed by atoms with Crippen LogP contribution in [-0.2, 0) is 4.79 Å². The molecular weight excluding hydrogens is 256 g/mol. The van der Waals surface area contributed by atoms with Crippen molar-refractivity contribution in [2.45, 2.75) is 37.4 Å². The van der Waals surface area contributed by atoms with Gasteiger partial charge in [-0.25, -0.2) is 0 Å². The number of nitrogens with one attached hydrogen (secondary N) is 1. The van der Waals surface area contributed by atoms with E-state index in [1.54, 1.807) is 0 Å². The van der Waals surface area contributed by atoms with E-state index in [-0.39, 0.29) is 10.7 Å². The molecule has 1 fully saturated rings. The van der Waals surface area contributed by atoms with E-state index in [1.807, 2.05) is 4.90 Å². The van der Waals surface area contributed by atoms with Crippen LogP contribution in [0, 0.1) is 0 Å². The number of rotatable bonds is 5. The molecule has 3 nitrogen and oxygen atoms in total. The molecule has 1 aliphatic heterocycles. The van der Waals surface area contributed by atoms with Gasteiger partial charge >= 0.3 is 0 Å². The molecule has 1 N–H and O–H groups in total. The first-order valence-corrected chi connectivity index (χ1v) is 6.81. The summed E-state index contributed by atoms with van der Waals surface area (Å²) in [5.74, 6) is 0.271. The number of nitrogens with zero attached hydrogens (tertiary/aromatic N) is 1. The lowest BCUT2D eigenvalue weighted by Gasteiger charge is -2.29. The maximum atomic E-state index is 11.9. The van der Waals surface area contributed by atoms with Gasteiger partial charge in [-0.2, -0.15) is 0 Å². The summed E-state index contributed by atoms with van der Waals surface area (Å²) in [7, 11) is 0. The van der Waals surface area contributed by atoms with E-state index in [2.05, 4.69) is 28.2 Å². The lowest BCUT2D eigenvalue weighted by molar-refractivity contribution is -0.131. The Hall–Kier alpha value is -0.0900. The molecule has 0 bridgehead atoms. The number of hydrogen-bond donors (Lipinski definition) is 1. The summed E-state index contributed by atoms with van der Waals surface area (Å²) < 4.78 is 0. The average molecular weight is 277 g/mol. The first-order valence-electron chi connectivity index (χ1n) is 5.89. The zero-order valence-corrected chi connectivity index (χ0v) is 11.1. The number of amides is 1. The highest BCUT2D eigenvalue weighted by Crippen LogP contribution is 2.14. The fourth-order valence-electron chi connectivity index (χ4n) is 1.78. The molecule has 0 radical (unpaired) electrons. The minimum atomic E-state index is 0.0298. The summed E-state index contributed by atoms with van der Waals surface area (Å²) >= 11 is 3.50. The van der Waals surface area contributed by atoms with Crippen LogP contribution >= 0.6 is 15.9 Å². The molecule has 0 saturated carbocycles. The van der Waals surface area contributed by atoms with Gasteiger partial charge < -0.3 is 10.2 Å². The van der Waals surface area contributed by atoms with Gasteiger partial charge in [0.2, 0.25) is 5.91 Å². The van der Waals surface area contributed by atoms with Gasteiger partial charge in [-0.3, -0.25) is 4.79 Å². The summed E-state index contributed by atoms with van der Waals surface area (Å²) in [5, 5.41) is 3.25. The van der Waals surface area contributed by atoms with E-state index in [0.29, 0.717) is 0 Å². The lowest BCUT2D eigenvalue weighted by atomic mass is 10.1. The highest BCUT2D eigenvalue weighted by atomic mass is 79.9. The van der Waals surface area contributed by atoms with Crippen molar-refractivity contribution >= 4 is 21.8 Å². The smallest absolute Gasteiger partial charge is 0.236 e. The summed E-state index contributed by atoms with van der Waals surface area (Å²) in [6.07, 6.45) is 4.54. The number of alkyl halides is 1. The van der Waals surface area contributed by atoms with Gasteiger partial charge in [-0.1, -0.05) is 42.1 Å². The third-order valence-corrected chi connectivity index (χ3v) is 3.61. The second kappa shape index (κ2) is 7.23. The van der Waals surface area contributed by atoms with Crippen LogP contribution in [0.25, 0.3) is 0 Å². The van der Waals surface area contributed by atoms with Gasteiger partial charge in [-0.05, 0) is 6.42 Å². The van der Waals surface area contributed by atoms with Crippen molar-refractivity contribution in [1.29, 1.82) is 0 Å². The van der Waals surface area contributed by atoms with Crippen molar-refractivity contribution in [3.8, 4) is 0 Å². The van der Waals surface area contributed by atoms with Gasteiger partial charge in [-0.15, -0.1) is 0 Å². The van der Waals surface area contributed by atoms with Crippen molar-refractivity contribution < 1.29 is 4.79 Å². The number of unbranched alkanes of at least 4 members (excludes halogenated alkanes) is 2. The Morgan fingerprint density at radius 3 is 2.67 bits per heavy atom. The Morgan fingerprint density at radius 1 is 1.40 bits per heavy atom. The molecule has 4 heteroatoms. The van der Waals surface area contributed by atoms with Crippen LogP contribution in [0.3, 0.4) is 0 Å². The van der Waals surface area contributed by atoms with Crippen LogP contribution in [0.1, 0.15) is 32.6 Å². The minimum Gasteiger partial charge on any atom is -0.339 e. The van der Waals surface area contributed by atoms with E-state index in [1.165, 1.54) is 12.8 Å². The summed E-state index contributed by atoms with van der Waals surface area (Å²) in [6.45, 7) is 5.76. The van der Waals surface area contributed by atoms with Crippen molar-refractivity contribution in [3.05, 3.63) is 0 Å². The first-order chi connectivity index (χ1) is 7.25. The third-order valence-electron chi connectivity index (χ3n) is 2.76. The highest BCUT2D eigenvalue weighted by Gasteiger charge is 2.22. The number of hydrogen-bond acceptors (Lipinski definition) is 2. The Bertz CT molecular complexity index is 193. The van der Waals surface area contributed by atoms with Crippen molar-refractivity contribution in [2.75, 3.05) is 26.2 Å². The average Bonchev–Trinajstić information content (AvgIpc) is 2.29. The van der Waals surface area contributed by atoms with Gasteiger partial charge in [0.25, 0.3) is 0 Å². The molecule has 0 aromatic heterocycles. The molecular formula is C11H21BrN2O. The molecule has 1 unspecified atom stereocenters. The predicted octanol–water partition coefficient (Wildman–Crippen LogP) is 1.76. The molecule has 1 amide bonds. The molecule has 0 aromatic carbocycles. The molecule has 1 rings (SSSR count). The van der Waals surface area contributed by atoms with Crippen LogP contribution in [0.15, 0.2) is 0 Å². The van der Waals surface area contributed by atoms with Crippen LogP contribution in [0.4, 0.5) is 0 Å². The van der Waals surface area contributed by atoms with E-state index in [0.717, 1.165) is 39.0 Å². The maximum absolute atomic E-state index is 11.9. The second-order valence-electron chi connectivity index (χ2n) is 4.04. The molecule has 0 aromatic rings. The van der Waals surface area contributed by atoms with Crippen molar-refractivity contribution in [3.63, 3.8) is 0 Å². The normalized spacial score (nSPS) is 18.9. The Balaban J connectivity index is 2.24. The molecule has 88 valence electrons. The van der Waals surface area contributed by atoms with Gasteiger partial charge in [0, 0.05) is 26.2 Å². The fraction of sp³-hybridized carbons (Fsp3) is 0.909.